The van der Waals surface area contributed by atoms with E-state index in [1.807, 2.05) is 13.0 Å². The third-order valence-electron chi connectivity index (χ3n) is 3.09. The fraction of sp³-hybridized carbons (Fsp3) is 0.176. The van der Waals surface area contributed by atoms with E-state index in [0.29, 0.717) is 17.2 Å². The van der Waals surface area contributed by atoms with E-state index in [2.05, 4.69) is 5.32 Å². The molecule has 1 aromatic heterocycles. The number of benzene rings is 1. The van der Waals surface area contributed by atoms with Crippen molar-refractivity contribution in [1.82, 2.24) is 0 Å². The topological polar surface area (TPSA) is 75.3 Å². The van der Waals surface area contributed by atoms with Crippen LogP contribution in [0.4, 0.5) is 5.69 Å². The molecule has 0 fully saturated rings. The average molecular weight is 296 g/mol. The lowest BCUT2D eigenvalue weighted by Gasteiger charge is -2.05. The second-order valence-corrected chi connectivity index (χ2v) is 4.72. The van der Waals surface area contributed by atoms with Gasteiger partial charge < -0.3 is 14.5 Å². The summed E-state index contributed by atoms with van der Waals surface area (Å²) in [7, 11) is 1.57. The van der Waals surface area contributed by atoms with Gasteiger partial charge in [-0.3, -0.25) is 4.79 Å². The maximum atomic E-state index is 12.2. The van der Waals surface area contributed by atoms with Crippen LogP contribution in [-0.2, 0) is 4.79 Å². The molecule has 0 bridgehead atoms. The number of amides is 1. The zero-order valence-corrected chi connectivity index (χ0v) is 12.6. The van der Waals surface area contributed by atoms with Crippen LogP contribution in [0.5, 0.6) is 5.75 Å². The Balaban J connectivity index is 2.18. The molecule has 0 aliphatic heterocycles. The van der Waals surface area contributed by atoms with Crippen LogP contribution in [0.15, 0.2) is 40.3 Å². The summed E-state index contributed by atoms with van der Waals surface area (Å²) in [5.74, 6) is 1.63. The first-order valence-electron chi connectivity index (χ1n) is 6.67. The fourth-order valence-electron chi connectivity index (χ4n) is 1.97. The van der Waals surface area contributed by atoms with E-state index in [-0.39, 0.29) is 5.57 Å². The van der Waals surface area contributed by atoms with E-state index >= 15 is 0 Å². The molecule has 2 rings (SSSR count). The molecule has 112 valence electrons. The van der Waals surface area contributed by atoms with Crippen LogP contribution in [0.2, 0.25) is 0 Å². The van der Waals surface area contributed by atoms with Gasteiger partial charge in [0.1, 0.15) is 28.9 Å². The Labute approximate surface area is 128 Å². The Morgan fingerprint density at radius 1 is 1.32 bits per heavy atom. The van der Waals surface area contributed by atoms with Crippen molar-refractivity contribution in [1.29, 1.82) is 5.26 Å². The van der Waals surface area contributed by atoms with Gasteiger partial charge in [-0.25, -0.2) is 0 Å². The van der Waals surface area contributed by atoms with E-state index in [4.69, 9.17) is 9.15 Å². The molecule has 22 heavy (non-hydrogen) atoms. The number of rotatable bonds is 4. The third kappa shape index (κ3) is 3.55. The number of aryl methyl sites for hydroxylation is 2. The number of hydrogen-bond donors (Lipinski definition) is 1. The van der Waals surface area contributed by atoms with Crippen LogP contribution < -0.4 is 10.1 Å². The quantitative estimate of drug-likeness (QED) is 0.692. The smallest absolute Gasteiger partial charge is 0.266 e. The van der Waals surface area contributed by atoms with Gasteiger partial charge in [0.25, 0.3) is 5.91 Å². The Kier molecular flexibility index (Phi) is 4.64. The molecule has 1 amide bonds. The minimum atomic E-state index is -0.467. The summed E-state index contributed by atoms with van der Waals surface area (Å²) in [5, 5.41) is 11.9. The summed E-state index contributed by atoms with van der Waals surface area (Å²) in [4.78, 5) is 12.2. The molecule has 5 nitrogen and oxygen atoms in total. The van der Waals surface area contributed by atoms with Gasteiger partial charge in [0.2, 0.25) is 0 Å². The van der Waals surface area contributed by atoms with Crippen molar-refractivity contribution < 1.29 is 13.9 Å². The number of hydrogen-bond acceptors (Lipinski definition) is 4. The number of methoxy groups -OCH3 is 1. The van der Waals surface area contributed by atoms with E-state index in [1.54, 1.807) is 44.4 Å². The van der Waals surface area contributed by atoms with Gasteiger partial charge in [-0.1, -0.05) is 0 Å². The molecule has 1 N–H and O–H groups in total. The maximum Gasteiger partial charge on any atom is 0.266 e. The van der Waals surface area contributed by atoms with Gasteiger partial charge in [-0.2, -0.15) is 5.26 Å². The second kappa shape index (κ2) is 6.64. The number of nitrogens with zero attached hydrogens (tertiary/aromatic N) is 1. The van der Waals surface area contributed by atoms with Crippen LogP contribution in [0.1, 0.15) is 17.1 Å². The minimum absolute atomic E-state index is 0.0136. The predicted octanol–water partition coefficient (Wildman–Crippen LogP) is 3.45. The lowest BCUT2D eigenvalue weighted by molar-refractivity contribution is -0.112. The molecule has 1 aromatic carbocycles. The number of furan rings is 1. The second-order valence-electron chi connectivity index (χ2n) is 4.72. The van der Waals surface area contributed by atoms with Crippen LogP contribution >= 0.6 is 0 Å². The SMILES string of the molecule is COc1ccc(NC(=O)/C(C#N)=C\c2cc(C)oc2C)cc1. The Morgan fingerprint density at radius 3 is 2.50 bits per heavy atom. The number of nitrogens with one attached hydrogen (secondary N) is 1. The van der Waals surface area contributed by atoms with Crippen molar-refractivity contribution in [3.05, 3.63) is 53.0 Å². The first-order valence-corrected chi connectivity index (χ1v) is 6.67. The molecule has 2 aromatic rings. The zero-order valence-electron chi connectivity index (χ0n) is 12.6. The van der Waals surface area contributed by atoms with Crippen molar-refractivity contribution in [3.8, 4) is 11.8 Å². The molecule has 0 unspecified atom stereocenters. The van der Waals surface area contributed by atoms with Crippen LogP contribution in [-0.4, -0.2) is 13.0 Å². The van der Waals surface area contributed by atoms with Crippen molar-refractivity contribution >= 4 is 17.7 Å². The number of carbonyl (C=O) groups is 1. The number of carbonyl (C=O) groups excluding carboxylic acids is 1. The van der Waals surface area contributed by atoms with Gasteiger partial charge in [0.15, 0.2) is 0 Å². The summed E-state index contributed by atoms with van der Waals surface area (Å²) in [6.45, 7) is 3.60. The Hall–Kier alpha value is -3.00. The fourth-order valence-corrected chi connectivity index (χ4v) is 1.97. The molecule has 0 saturated heterocycles. The molecule has 0 spiro atoms. The molecule has 0 saturated carbocycles. The average Bonchev–Trinajstić information content (AvgIpc) is 2.83. The standard InChI is InChI=1S/C17H16N2O3/c1-11-8-13(12(2)22-11)9-14(10-18)17(20)19-15-4-6-16(21-3)7-5-15/h4-9H,1-3H3,(H,19,20)/b14-9-. The monoisotopic (exact) mass is 296 g/mol. The first kappa shape index (κ1) is 15.4. The maximum absolute atomic E-state index is 12.2. The van der Waals surface area contributed by atoms with Gasteiger partial charge in [0.05, 0.1) is 7.11 Å². The van der Waals surface area contributed by atoms with E-state index in [1.165, 1.54) is 6.08 Å². The van der Waals surface area contributed by atoms with Crippen molar-refractivity contribution in [2.24, 2.45) is 0 Å². The molecule has 0 aliphatic rings. The van der Waals surface area contributed by atoms with Crippen molar-refractivity contribution in [3.63, 3.8) is 0 Å². The molecular weight excluding hydrogens is 280 g/mol. The highest BCUT2D eigenvalue weighted by Gasteiger charge is 2.11. The van der Waals surface area contributed by atoms with Crippen molar-refractivity contribution in [2.45, 2.75) is 13.8 Å². The zero-order chi connectivity index (χ0) is 16.1. The van der Waals surface area contributed by atoms with Crippen LogP contribution in [0, 0.1) is 25.2 Å². The molecule has 0 aliphatic carbocycles. The minimum Gasteiger partial charge on any atom is -0.497 e. The lowest BCUT2D eigenvalue weighted by atomic mass is 10.1. The number of nitriles is 1. The summed E-state index contributed by atoms with van der Waals surface area (Å²) in [5.41, 5.74) is 1.32. The molecular formula is C17H16N2O3. The first-order chi connectivity index (χ1) is 10.5. The van der Waals surface area contributed by atoms with Crippen LogP contribution in [0.3, 0.4) is 0 Å². The Bertz CT molecular complexity index is 749. The Morgan fingerprint density at radius 2 is 2.00 bits per heavy atom. The molecule has 1 heterocycles. The van der Waals surface area contributed by atoms with E-state index < -0.39 is 5.91 Å². The summed E-state index contributed by atoms with van der Waals surface area (Å²) in [6.07, 6.45) is 1.52. The molecule has 5 heteroatoms. The summed E-state index contributed by atoms with van der Waals surface area (Å²) in [6, 6.07) is 10.6. The summed E-state index contributed by atoms with van der Waals surface area (Å²) >= 11 is 0. The third-order valence-corrected chi connectivity index (χ3v) is 3.09. The highest BCUT2D eigenvalue weighted by molar-refractivity contribution is 6.09. The normalized spacial score (nSPS) is 10.9. The number of anilines is 1. The highest BCUT2D eigenvalue weighted by Crippen LogP contribution is 2.19. The lowest BCUT2D eigenvalue weighted by Crippen LogP contribution is -2.13. The number of ether oxygens (including phenoxy) is 1. The van der Waals surface area contributed by atoms with Gasteiger partial charge >= 0.3 is 0 Å². The van der Waals surface area contributed by atoms with Crippen molar-refractivity contribution in [2.75, 3.05) is 12.4 Å². The largest absolute Gasteiger partial charge is 0.497 e. The highest BCUT2D eigenvalue weighted by atomic mass is 16.5. The molecule has 0 atom stereocenters. The van der Waals surface area contributed by atoms with Gasteiger partial charge in [0, 0.05) is 11.3 Å². The molecule has 0 radical (unpaired) electrons. The predicted molar refractivity (Wildman–Crippen MR) is 83.4 cm³/mol. The summed E-state index contributed by atoms with van der Waals surface area (Å²) < 4.78 is 10.4. The van der Waals surface area contributed by atoms with Crippen LogP contribution in [0.25, 0.3) is 6.08 Å². The van der Waals surface area contributed by atoms with E-state index in [0.717, 1.165) is 11.3 Å². The van der Waals surface area contributed by atoms with Gasteiger partial charge in [-0.05, 0) is 50.3 Å². The van der Waals surface area contributed by atoms with Gasteiger partial charge in [-0.15, -0.1) is 0 Å². The van der Waals surface area contributed by atoms with E-state index in [9.17, 15) is 10.1 Å².